The Morgan fingerprint density at radius 1 is 1.50 bits per heavy atom. The van der Waals surface area contributed by atoms with Crippen molar-refractivity contribution >= 4 is 28.9 Å². The van der Waals surface area contributed by atoms with Crippen LogP contribution in [0.4, 0.5) is 11.4 Å². The molecule has 18 heavy (non-hydrogen) atoms. The summed E-state index contributed by atoms with van der Waals surface area (Å²) in [6.45, 7) is 4.57. The average Bonchev–Trinajstić information content (AvgIpc) is 2.31. The number of hydrogen-bond acceptors (Lipinski definition) is 3. The number of rotatable bonds is 6. The lowest BCUT2D eigenvalue weighted by atomic mass is 10.2. The second-order valence-electron chi connectivity index (χ2n) is 4.29. The first-order valence-corrected chi connectivity index (χ1v) is 6.49. The maximum atomic E-state index is 11.5. The molecule has 1 unspecified atom stereocenters. The topological polar surface area (TPSA) is 67.2 Å². The lowest BCUT2D eigenvalue weighted by molar-refractivity contribution is -0.121. The van der Waals surface area contributed by atoms with E-state index in [0.717, 1.165) is 12.1 Å². The molecule has 5 heteroatoms. The number of amides is 1. The van der Waals surface area contributed by atoms with Crippen molar-refractivity contribution in [1.29, 1.82) is 0 Å². The molecule has 0 radical (unpaired) electrons. The van der Waals surface area contributed by atoms with Gasteiger partial charge < -0.3 is 16.4 Å². The number of carbonyl (C=O) groups is 1. The Hall–Kier alpha value is -1.42. The lowest BCUT2D eigenvalue weighted by Gasteiger charge is -2.12. The number of benzene rings is 1. The summed E-state index contributed by atoms with van der Waals surface area (Å²) in [7, 11) is 0. The van der Waals surface area contributed by atoms with E-state index < -0.39 is 0 Å². The van der Waals surface area contributed by atoms with Crippen LogP contribution in [0.5, 0.6) is 0 Å². The third-order valence-corrected chi connectivity index (χ3v) is 2.99. The molecule has 0 aliphatic rings. The van der Waals surface area contributed by atoms with Crippen LogP contribution < -0.4 is 16.4 Å². The van der Waals surface area contributed by atoms with Gasteiger partial charge in [-0.2, -0.15) is 0 Å². The summed E-state index contributed by atoms with van der Waals surface area (Å²) in [5.74, 6) is 0.0448. The molecule has 0 aliphatic heterocycles. The van der Waals surface area contributed by atoms with Gasteiger partial charge in [-0.15, -0.1) is 0 Å². The monoisotopic (exact) mass is 269 g/mol. The van der Waals surface area contributed by atoms with Crippen molar-refractivity contribution < 1.29 is 4.79 Å². The molecule has 0 fully saturated rings. The van der Waals surface area contributed by atoms with Gasteiger partial charge in [-0.1, -0.05) is 18.5 Å². The van der Waals surface area contributed by atoms with E-state index in [1.165, 1.54) is 0 Å². The highest BCUT2D eigenvalue weighted by molar-refractivity contribution is 6.33. The Morgan fingerprint density at radius 3 is 2.83 bits per heavy atom. The van der Waals surface area contributed by atoms with E-state index in [1.807, 2.05) is 19.9 Å². The Kier molecular flexibility index (Phi) is 5.78. The molecule has 0 saturated heterocycles. The fourth-order valence-electron chi connectivity index (χ4n) is 1.43. The standard InChI is InChI=1S/C13H20ClN3O/c1-3-9(2)17-13(18)6-7-16-12-5-4-10(15)8-11(12)14/h4-5,8-9,16H,3,6-7,15H2,1-2H3,(H,17,18). The maximum absolute atomic E-state index is 11.5. The molecule has 0 spiro atoms. The highest BCUT2D eigenvalue weighted by atomic mass is 35.5. The van der Waals surface area contributed by atoms with E-state index in [1.54, 1.807) is 12.1 Å². The second-order valence-corrected chi connectivity index (χ2v) is 4.70. The number of nitrogens with one attached hydrogen (secondary N) is 2. The number of anilines is 2. The molecular weight excluding hydrogens is 250 g/mol. The Balaban J connectivity index is 2.35. The quantitative estimate of drug-likeness (QED) is 0.696. The van der Waals surface area contributed by atoms with E-state index in [2.05, 4.69) is 10.6 Å². The number of carbonyl (C=O) groups excluding carboxylic acids is 1. The minimum absolute atomic E-state index is 0.0448. The van der Waals surface area contributed by atoms with Crippen LogP contribution in [0.3, 0.4) is 0 Å². The van der Waals surface area contributed by atoms with Gasteiger partial charge in [-0.05, 0) is 31.5 Å². The summed E-state index contributed by atoms with van der Waals surface area (Å²) in [5, 5.41) is 6.59. The molecule has 1 rings (SSSR count). The van der Waals surface area contributed by atoms with Crippen LogP contribution in [-0.4, -0.2) is 18.5 Å². The van der Waals surface area contributed by atoms with Crippen molar-refractivity contribution in [2.45, 2.75) is 32.7 Å². The smallest absolute Gasteiger partial charge is 0.221 e. The molecule has 0 aromatic heterocycles. The minimum Gasteiger partial charge on any atom is -0.399 e. The summed E-state index contributed by atoms with van der Waals surface area (Å²) >= 11 is 6.01. The highest BCUT2D eigenvalue weighted by Crippen LogP contribution is 2.23. The molecule has 1 amide bonds. The predicted octanol–water partition coefficient (Wildman–Crippen LogP) is 2.64. The number of halogens is 1. The molecule has 0 bridgehead atoms. The minimum atomic E-state index is 0.0448. The summed E-state index contributed by atoms with van der Waals surface area (Å²) < 4.78 is 0. The second kappa shape index (κ2) is 7.11. The van der Waals surface area contributed by atoms with Crippen molar-refractivity contribution in [3.8, 4) is 0 Å². The predicted molar refractivity (Wildman–Crippen MR) is 76.9 cm³/mol. The van der Waals surface area contributed by atoms with E-state index >= 15 is 0 Å². The van der Waals surface area contributed by atoms with Crippen LogP contribution in [0.25, 0.3) is 0 Å². The maximum Gasteiger partial charge on any atom is 0.221 e. The van der Waals surface area contributed by atoms with Crippen molar-refractivity contribution in [1.82, 2.24) is 5.32 Å². The highest BCUT2D eigenvalue weighted by Gasteiger charge is 2.05. The molecule has 0 saturated carbocycles. The van der Waals surface area contributed by atoms with Gasteiger partial charge in [0, 0.05) is 24.7 Å². The zero-order chi connectivity index (χ0) is 13.5. The molecule has 0 heterocycles. The van der Waals surface area contributed by atoms with Gasteiger partial charge in [0.2, 0.25) is 5.91 Å². The molecule has 4 nitrogen and oxygen atoms in total. The molecule has 1 aromatic carbocycles. The number of hydrogen-bond donors (Lipinski definition) is 3. The molecule has 1 aromatic rings. The zero-order valence-corrected chi connectivity index (χ0v) is 11.6. The SMILES string of the molecule is CCC(C)NC(=O)CCNc1ccc(N)cc1Cl. The summed E-state index contributed by atoms with van der Waals surface area (Å²) in [5.41, 5.74) is 7.02. The molecule has 1 atom stereocenters. The van der Waals surface area contributed by atoms with Crippen LogP contribution in [-0.2, 0) is 4.79 Å². The van der Waals surface area contributed by atoms with E-state index in [0.29, 0.717) is 23.7 Å². The van der Waals surface area contributed by atoms with Gasteiger partial charge >= 0.3 is 0 Å². The van der Waals surface area contributed by atoms with Gasteiger partial charge in [-0.3, -0.25) is 4.79 Å². The van der Waals surface area contributed by atoms with E-state index in [-0.39, 0.29) is 11.9 Å². The first-order chi connectivity index (χ1) is 8.52. The summed E-state index contributed by atoms with van der Waals surface area (Å²) in [6, 6.07) is 5.48. The molecule has 0 aliphatic carbocycles. The van der Waals surface area contributed by atoms with Crippen molar-refractivity contribution in [2.75, 3.05) is 17.6 Å². The van der Waals surface area contributed by atoms with Gasteiger partial charge in [-0.25, -0.2) is 0 Å². The van der Waals surface area contributed by atoms with Crippen LogP contribution in [0.1, 0.15) is 26.7 Å². The summed E-state index contributed by atoms with van der Waals surface area (Å²) in [4.78, 5) is 11.5. The Bertz CT molecular complexity index is 409. The number of nitrogens with two attached hydrogens (primary N) is 1. The average molecular weight is 270 g/mol. The Labute approximate surface area is 113 Å². The molecule has 4 N–H and O–H groups in total. The lowest BCUT2D eigenvalue weighted by Crippen LogP contribution is -2.32. The van der Waals surface area contributed by atoms with Crippen molar-refractivity contribution in [2.24, 2.45) is 0 Å². The first kappa shape index (κ1) is 14.6. The van der Waals surface area contributed by atoms with Gasteiger partial charge in [0.25, 0.3) is 0 Å². The van der Waals surface area contributed by atoms with E-state index in [9.17, 15) is 4.79 Å². The van der Waals surface area contributed by atoms with Gasteiger partial charge in [0.05, 0.1) is 10.7 Å². The van der Waals surface area contributed by atoms with Crippen LogP contribution in [0, 0.1) is 0 Å². The largest absolute Gasteiger partial charge is 0.399 e. The van der Waals surface area contributed by atoms with Crippen LogP contribution >= 0.6 is 11.6 Å². The third-order valence-electron chi connectivity index (χ3n) is 2.68. The van der Waals surface area contributed by atoms with Crippen LogP contribution in [0.15, 0.2) is 18.2 Å². The fraction of sp³-hybridized carbons (Fsp3) is 0.462. The zero-order valence-electron chi connectivity index (χ0n) is 10.8. The van der Waals surface area contributed by atoms with Gasteiger partial charge in [0.15, 0.2) is 0 Å². The van der Waals surface area contributed by atoms with Gasteiger partial charge in [0.1, 0.15) is 0 Å². The Morgan fingerprint density at radius 2 is 2.22 bits per heavy atom. The molecule has 100 valence electrons. The first-order valence-electron chi connectivity index (χ1n) is 6.11. The third kappa shape index (κ3) is 4.84. The summed E-state index contributed by atoms with van der Waals surface area (Å²) in [6.07, 6.45) is 1.36. The van der Waals surface area contributed by atoms with Crippen LogP contribution in [0.2, 0.25) is 5.02 Å². The van der Waals surface area contributed by atoms with Crippen molar-refractivity contribution in [3.63, 3.8) is 0 Å². The number of nitrogen functional groups attached to an aromatic ring is 1. The normalized spacial score (nSPS) is 11.9. The fourth-order valence-corrected chi connectivity index (χ4v) is 1.69. The van der Waals surface area contributed by atoms with E-state index in [4.69, 9.17) is 17.3 Å². The molecular formula is C13H20ClN3O. The van der Waals surface area contributed by atoms with Crippen molar-refractivity contribution in [3.05, 3.63) is 23.2 Å².